The minimum atomic E-state index is -1.15. The lowest BCUT2D eigenvalue weighted by molar-refractivity contribution is -0.558. The lowest BCUT2D eigenvalue weighted by Gasteiger charge is -2.68. The predicted octanol–water partition coefficient (Wildman–Crippen LogP) is 1.47. The van der Waals surface area contributed by atoms with Crippen LogP contribution in [0.25, 0.3) is 0 Å². The lowest BCUT2D eigenvalue weighted by Crippen LogP contribution is -2.81. The van der Waals surface area contributed by atoms with Gasteiger partial charge in [0.05, 0.1) is 12.5 Å². The van der Waals surface area contributed by atoms with Crippen LogP contribution in [0.5, 0.6) is 11.5 Å². The van der Waals surface area contributed by atoms with E-state index in [0.717, 1.165) is 17.5 Å². The molecule has 0 radical (unpaired) electrons. The largest absolute Gasteiger partial charge is 0.493 e. The highest BCUT2D eigenvalue weighted by Gasteiger charge is 2.82. The van der Waals surface area contributed by atoms with Gasteiger partial charge in [0.1, 0.15) is 6.10 Å². The predicted molar refractivity (Wildman–Crippen MR) is 101 cm³/mol. The van der Waals surface area contributed by atoms with Crippen LogP contribution in [0.2, 0.25) is 0 Å². The maximum atomic E-state index is 12.2. The Bertz CT molecular complexity index is 994. The van der Waals surface area contributed by atoms with E-state index in [4.69, 9.17) is 14.2 Å². The van der Waals surface area contributed by atoms with Crippen molar-refractivity contribution in [1.82, 2.24) is 4.90 Å². The number of carbonyl (C=O) groups is 1. The van der Waals surface area contributed by atoms with Crippen molar-refractivity contribution < 1.29 is 23.9 Å². The summed E-state index contributed by atoms with van der Waals surface area (Å²) >= 11 is 0. The Kier molecular flexibility index (Phi) is 3.04. The van der Waals surface area contributed by atoms with E-state index in [0.29, 0.717) is 37.3 Å². The van der Waals surface area contributed by atoms with Gasteiger partial charge in [0, 0.05) is 42.0 Å². The van der Waals surface area contributed by atoms with Gasteiger partial charge in [-0.15, -0.1) is 0 Å². The van der Waals surface area contributed by atoms with Crippen LogP contribution in [0.4, 0.5) is 0 Å². The fraction of sp³-hybridized carbons (Fsp3) is 0.571. The van der Waals surface area contributed by atoms with Gasteiger partial charge in [0.2, 0.25) is 12.5 Å². The van der Waals surface area contributed by atoms with E-state index < -0.39 is 28.6 Å². The molecule has 1 saturated heterocycles. The number of rotatable bonds is 4. The van der Waals surface area contributed by atoms with Gasteiger partial charge in [-0.25, -0.2) is 0 Å². The van der Waals surface area contributed by atoms with Crippen LogP contribution in [-0.2, 0) is 21.4 Å². The minimum Gasteiger partial charge on any atom is -0.493 e. The van der Waals surface area contributed by atoms with E-state index in [2.05, 4.69) is 12.1 Å². The Morgan fingerprint density at radius 2 is 2.17 bits per heavy atom. The van der Waals surface area contributed by atoms with Crippen molar-refractivity contribution in [3.63, 3.8) is 0 Å². The lowest BCUT2D eigenvalue weighted by atomic mass is 9.38. The van der Waals surface area contributed by atoms with Crippen molar-refractivity contribution in [3.8, 4) is 11.5 Å². The molecule has 8 heteroatoms. The van der Waals surface area contributed by atoms with Gasteiger partial charge in [-0.1, -0.05) is 12.1 Å². The number of hydrogen-bond donors (Lipinski definition) is 0. The first-order chi connectivity index (χ1) is 14.0. The molecule has 1 aromatic rings. The molecule has 8 nitrogen and oxygen atoms in total. The molecule has 152 valence electrons. The fourth-order valence-corrected chi connectivity index (χ4v) is 7.35. The highest BCUT2D eigenvalue weighted by atomic mass is 16.6. The molecule has 2 fully saturated rings. The third-order valence-electron chi connectivity index (χ3n) is 8.41. The molecule has 4 aliphatic carbocycles. The van der Waals surface area contributed by atoms with Crippen molar-refractivity contribution in [2.75, 3.05) is 20.8 Å². The second kappa shape index (κ2) is 5.11. The van der Waals surface area contributed by atoms with Crippen LogP contribution in [0.15, 0.2) is 24.3 Å². The van der Waals surface area contributed by atoms with E-state index in [1.54, 1.807) is 7.11 Å². The number of ether oxygens (including phenoxy) is 3. The average molecular weight is 398 g/mol. The van der Waals surface area contributed by atoms with E-state index >= 15 is 0 Å². The number of amides is 1. The summed E-state index contributed by atoms with van der Waals surface area (Å²) in [4.78, 5) is 25.7. The number of likely N-dealkylation sites (tertiary alicyclic amines) is 1. The van der Waals surface area contributed by atoms with Crippen LogP contribution >= 0.6 is 0 Å². The number of methoxy groups -OCH3 is 2. The van der Waals surface area contributed by atoms with E-state index in [1.165, 1.54) is 7.11 Å². The molecular weight excluding hydrogens is 376 g/mol. The third kappa shape index (κ3) is 1.56. The molecule has 0 unspecified atom stereocenters. The number of nitrogens with zero attached hydrogens (tertiary/aromatic N) is 2. The quantitative estimate of drug-likeness (QED) is 0.330. The second-order valence-corrected chi connectivity index (χ2v) is 8.85. The summed E-state index contributed by atoms with van der Waals surface area (Å²) in [6.07, 6.45) is 5.98. The molecule has 29 heavy (non-hydrogen) atoms. The highest BCUT2D eigenvalue weighted by molar-refractivity contribution is 5.66. The Labute approximate surface area is 167 Å². The van der Waals surface area contributed by atoms with Crippen LogP contribution in [0.1, 0.15) is 24.0 Å². The fourth-order valence-electron chi connectivity index (χ4n) is 7.35. The number of nitro groups is 1. The van der Waals surface area contributed by atoms with Gasteiger partial charge in [-0.05, 0) is 30.5 Å². The molecule has 0 N–H and O–H groups in total. The molecule has 4 bridgehead atoms. The monoisotopic (exact) mass is 398 g/mol. The van der Waals surface area contributed by atoms with Crippen molar-refractivity contribution >= 4 is 6.41 Å². The zero-order chi connectivity index (χ0) is 20.2. The first-order valence-electron chi connectivity index (χ1n) is 9.96. The summed E-state index contributed by atoms with van der Waals surface area (Å²) in [5.41, 5.74) is 0.0647. The summed E-state index contributed by atoms with van der Waals surface area (Å²) in [7, 11) is 3.14. The maximum Gasteiger partial charge on any atom is 0.249 e. The topological polar surface area (TPSA) is 91.1 Å². The normalized spacial score (nSPS) is 42.3. The Morgan fingerprint density at radius 1 is 1.34 bits per heavy atom. The number of fused-ring (bicyclic) bond motifs is 1. The molecule has 6 atom stereocenters. The second-order valence-electron chi connectivity index (χ2n) is 8.85. The van der Waals surface area contributed by atoms with Gasteiger partial charge >= 0.3 is 0 Å². The smallest absolute Gasteiger partial charge is 0.249 e. The average Bonchev–Trinajstić information content (AvgIpc) is 3.10. The number of carbonyl (C=O) groups excluding carboxylic acids is 1. The van der Waals surface area contributed by atoms with Gasteiger partial charge in [0.15, 0.2) is 17.1 Å². The summed E-state index contributed by atoms with van der Waals surface area (Å²) < 4.78 is 18.1. The van der Waals surface area contributed by atoms with Crippen LogP contribution in [-0.4, -0.2) is 60.8 Å². The molecule has 2 aliphatic heterocycles. The SMILES string of the molecule is COc1ccc2c3c1O[C@H]1[C@@]4(OC)C=C[C@@]5(C[C@H]4[N+](=O)[O-])[C@@H](C2)N(C=O)CC[C@]315. The molecule has 1 amide bonds. The summed E-state index contributed by atoms with van der Waals surface area (Å²) in [6, 6.07) is 2.86. The maximum absolute atomic E-state index is 12.2. The first-order valence-corrected chi connectivity index (χ1v) is 9.96. The zero-order valence-corrected chi connectivity index (χ0v) is 16.3. The molecule has 1 aromatic carbocycles. The van der Waals surface area contributed by atoms with Crippen LogP contribution in [0, 0.1) is 15.5 Å². The number of hydrogen-bond acceptors (Lipinski definition) is 6. The van der Waals surface area contributed by atoms with Crippen LogP contribution in [0.3, 0.4) is 0 Å². The Hall–Kier alpha value is -2.61. The van der Waals surface area contributed by atoms with Gasteiger partial charge in [0.25, 0.3) is 0 Å². The molecule has 2 heterocycles. The van der Waals surface area contributed by atoms with Crippen molar-refractivity contribution in [2.24, 2.45) is 5.41 Å². The first kappa shape index (κ1) is 17.3. The van der Waals surface area contributed by atoms with Gasteiger partial charge in [-0.3, -0.25) is 14.9 Å². The van der Waals surface area contributed by atoms with Crippen LogP contribution < -0.4 is 9.47 Å². The third-order valence-corrected chi connectivity index (χ3v) is 8.41. The molecule has 0 aromatic heterocycles. The highest BCUT2D eigenvalue weighted by Crippen LogP contribution is 2.73. The standard InChI is InChI=1S/C21H22N2O6/c1-27-13-4-3-12-9-14-19-5-6-21(28-2,15(10-19)23(25)26)18-20(19,7-8-22(14)11-24)16(12)17(13)29-18/h3-6,11,14-15,18H,7-10H2,1-2H3/t14-,15-,18-,19-,20+,21-/m1/s1. The Morgan fingerprint density at radius 3 is 2.86 bits per heavy atom. The number of benzene rings is 1. The van der Waals surface area contributed by atoms with Gasteiger partial charge in [-0.2, -0.15) is 0 Å². The van der Waals surface area contributed by atoms with E-state index in [9.17, 15) is 14.9 Å². The van der Waals surface area contributed by atoms with Gasteiger partial charge < -0.3 is 19.1 Å². The van der Waals surface area contributed by atoms with E-state index in [-0.39, 0.29) is 11.0 Å². The van der Waals surface area contributed by atoms with Crippen molar-refractivity contribution in [2.45, 2.75) is 48.5 Å². The summed E-state index contributed by atoms with van der Waals surface area (Å²) in [5.74, 6) is 1.33. The summed E-state index contributed by atoms with van der Waals surface area (Å²) in [6.45, 7) is 0.600. The molecule has 2 spiro atoms. The van der Waals surface area contributed by atoms with Crippen molar-refractivity contribution in [3.05, 3.63) is 45.5 Å². The molecule has 1 saturated carbocycles. The number of piperidine rings is 1. The molecule has 7 rings (SSSR count). The van der Waals surface area contributed by atoms with E-state index in [1.807, 2.05) is 17.0 Å². The zero-order valence-electron chi connectivity index (χ0n) is 16.3. The molecular formula is C21H22N2O6. The van der Waals surface area contributed by atoms with Crippen molar-refractivity contribution in [1.29, 1.82) is 0 Å². The summed E-state index contributed by atoms with van der Waals surface area (Å²) in [5, 5.41) is 12.2. The molecule has 6 aliphatic rings. The Balaban J connectivity index is 1.71. The minimum absolute atomic E-state index is 0.138.